The first kappa shape index (κ1) is 31.5. The van der Waals surface area contributed by atoms with Crippen molar-refractivity contribution >= 4 is 18.0 Å². The van der Waals surface area contributed by atoms with Gasteiger partial charge in [-0.15, -0.1) is 0 Å². The van der Waals surface area contributed by atoms with Crippen LogP contribution in [0.15, 0.2) is 42.0 Å². The number of alkyl carbamates (subject to hydrolysis) is 1. The predicted octanol–water partition coefficient (Wildman–Crippen LogP) is 4.56. The first-order chi connectivity index (χ1) is 16.4. The minimum atomic E-state index is -1.15. The number of phenols is 2. The van der Waals surface area contributed by atoms with E-state index in [1.54, 1.807) is 59.8 Å². The SMILES string of the molecule is C/C=C\C(=C/C)C(=O)O[C@H](C)COC(=O)C(Cc1ccc(O)c(O)c1)NC(=O)OC(C)(C)C.CC. The number of allylic oxidation sites excluding steroid dienone is 2. The Morgan fingerprint density at radius 1 is 1.09 bits per heavy atom. The number of nitrogens with one attached hydrogen (secondary N) is 1. The summed E-state index contributed by atoms with van der Waals surface area (Å²) in [6.45, 7) is 13.9. The lowest BCUT2D eigenvalue weighted by atomic mass is 10.1. The van der Waals surface area contributed by atoms with Crippen molar-refractivity contribution in [2.45, 2.75) is 79.6 Å². The van der Waals surface area contributed by atoms with E-state index in [2.05, 4.69) is 5.32 Å². The van der Waals surface area contributed by atoms with E-state index in [4.69, 9.17) is 14.2 Å². The van der Waals surface area contributed by atoms with Crippen LogP contribution in [0.5, 0.6) is 11.5 Å². The van der Waals surface area contributed by atoms with Gasteiger partial charge in [-0.1, -0.05) is 38.1 Å². The van der Waals surface area contributed by atoms with Crippen LogP contribution in [-0.4, -0.2) is 52.6 Å². The highest BCUT2D eigenvalue weighted by Crippen LogP contribution is 2.25. The summed E-state index contributed by atoms with van der Waals surface area (Å²) in [6.07, 6.45) is 3.32. The molecule has 9 heteroatoms. The van der Waals surface area contributed by atoms with Crippen LogP contribution in [0.1, 0.15) is 61.0 Å². The second-order valence-electron chi connectivity index (χ2n) is 8.32. The second kappa shape index (κ2) is 15.4. The van der Waals surface area contributed by atoms with Gasteiger partial charge in [0.25, 0.3) is 0 Å². The third-order valence-corrected chi connectivity index (χ3v) is 4.12. The summed E-state index contributed by atoms with van der Waals surface area (Å²) >= 11 is 0. The Kier molecular flexibility index (Phi) is 13.9. The van der Waals surface area contributed by atoms with Gasteiger partial charge in [-0.3, -0.25) is 0 Å². The maximum atomic E-state index is 12.7. The molecule has 2 atom stereocenters. The summed E-state index contributed by atoms with van der Waals surface area (Å²) in [7, 11) is 0. The Morgan fingerprint density at radius 3 is 2.23 bits per heavy atom. The smallest absolute Gasteiger partial charge is 0.408 e. The summed E-state index contributed by atoms with van der Waals surface area (Å²) in [5.41, 5.74) is 0.0503. The fraction of sp³-hybridized carbons (Fsp3) is 0.500. The third-order valence-electron chi connectivity index (χ3n) is 4.12. The minimum Gasteiger partial charge on any atom is -0.504 e. The number of hydrogen-bond donors (Lipinski definition) is 3. The molecule has 0 fully saturated rings. The number of rotatable bonds is 9. The molecule has 1 aromatic carbocycles. The molecule has 0 saturated heterocycles. The normalized spacial score (nSPS) is 13.2. The number of hydrogen-bond acceptors (Lipinski definition) is 8. The summed E-state index contributed by atoms with van der Waals surface area (Å²) in [6, 6.07) is 2.89. The molecule has 1 unspecified atom stereocenters. The zero-order chi connectivity index (χ0) is 27.2. The highest BCUT2D eigenvalue weighted by atomic mass is 16.6. The first-order valence-electron chi connectivity index (χ1n) is 11.5. The van der Waals surface area contributed by atoms with E-state index in [9.17, 15) is 24.6 Å². The molecule has 0 heterocycles. The molecular weight excluding hydrogens is 454 g/mol. The van der Waals surface area contributed by atoms with Gasteiger partial charge in [0.2, 0.25) is 0 Å². The summed E-state index contributed by atoms with van der Waals surface area (Å²) < 4.78 is 15.7. The van der Waals surface area contributed by atoms with E-state index < -0.39 is 35.8 Å². The average Bonchev–Trinajstić information content (AvgIpc) is 2.77. The third kappa shape index (κ3) is 12.5. The van der Waals surface area contributed by atoms with Crippen LogP contribution in [0.4, 0.5) is 4.79 Å². The molecule has 3 N–H and O–H groups in total. The summed E-state index contributed by atoms with van der Waals surface area (Å²) in [5, 5.41) is 21.7. The van der Waals surface area contributed by atoms with Crippen molar-refractivity contribution in [3.8, 4) is 11.5 Å². The van der Waals surface area contributed by atoms with Gasteiger partial charge in [0.1, 0.15) is 24.4 Å². The topological polar surface area (TPSA) is 131 Å². The second-order valence-corrected chi connectivity index (χ2v) is 8.32. The molecule has 0 aliphatic rings. The Hall–Kier alpha value is -3.49. The van der Waals surface area contributed by atoms with Crippen LogP contribution in [-0.2, 0) is 30.2 Å². The predicted molar refractivity (Wildman–Crippen MR) is 133 cm³/mol. The van der Waals surface area contributed by atoms with Gasteiger partial charge in [0.15, 0.2) is 11.5 Å². The van der Waals surface area contributed by atoms with E-state index in [0.717, 1.165) is 0 Å². The fourth-order valence-corrected chi connectivity index (χ4v) is 2.62. The van der Waals surface area contributed by atoms with Gasteiger partial charge in [0, 0.05) is 6.42 Å². The van der Waals surface area contributed by atoms with Gasteiger partial charge in [-0.2, -0.15) is 0 Å². The number of amides is 1. The summed E-state index contributed by atoms with van der Waals surface area (Å²) in [4.78, 5) is 37.1. The van der Waals surface area contributed by atoms with Crippen molar-refractivity contribution in [2.75, 3.05) is 6.61 Å². The standard InChI is InChI=1S/C24H33NO8.C2H6/c1-7-9-17(8-2)21(28)32-15(3)14-31-22(29)18(25-23(30)33-24(4,5)6)12-16-10-11-19(26)20(27)13-16;1-2/h7-11,13,15,18,26-27H,12,14H2,1-6H3,(H,25,30);1-2H3/b9-7-,17-8+;/t15-,18?;/m1./s1. The zero-order valence-corrected chi connectivity index (χ0v) is 21.9. The molecule has 0 spiro atoms. The Bertz CT molecular complexity index is 899. The maximum absolute atomic E-state index is 12.7. The lowest BCUT2D eigenvalue weighted by Gasteiger charge is -2.23. The zero-order valence-electron chi connectivity index (χ0n) is 21.9. The fourth-order valence-electron chi connectivity index (χ4n) is 2.62. The van der Waals surface area contributed by atoms with E-state index in [0.29, 0.717) is 11.1 Å². The largest absolute Gasteiger partial charge is 0.504 e. The molecular formula is C26H39NO8. The van der Waals surface area contributed by atoms with E-state index in [-0.39, 0.29) is 24.5 Å². The van der Waals surface area contributed by atoms with Crippen molar-refractivity contribution < 1.29 is 38.8 Å². The van der Waals surface area contributed by atoms with E-state index in [1.807, 2.05) is 13.8 Å². The van der Waals surface area contributed by atoms with Gasteiger partial charge in [0.05, 0.1) is 5.57 Å². The molecule has 1 aromatic rings. The number of aromatic hydroxyl groups is 2. The monoisotopic (exact) mass is 493 g/mol. The number of carbonyl (C=O) groups is 3. The van der Waals surface area contributed by atoms with E-state index in [1.165, 1.54) is 18.2 Å². The quantitative estimate of drug-likeness (QED) is 0.150. The van der Waals surface area contributed by atoms with Gasteiger partial charge < -0.3 is 29.7 Å². The molecule has 1 amide bonds. The Labute approximate surface area is 207 Å². The molecule has 0 radical (unpaired) electrons. The van der Waals surface area contributed by atoms with Crippen molar-refractivity contribution in [3.05, 3.63) is 47.6 Å². The number of benzene rings is 1. The average molecular weight is 494 g/mol. The lowest BCUT2D eigenvalue weighted by Crippen LogP contribution is -2.46. The van der Waals surface area contributed by atoms with Gasteiger partial charge in [-0.25, -0.2) is 14.4 Å². The number of carbonyl (C=O) groups excluding carboxylic acids is 3. The van der Waals surface area contributed by atoms with Crippen LogP contribution in [0.25, 0.3) is 0 Å². The molecule has 0 aromatic heterocycles. The minimum absolute atomic E-state index is 0.0376. The maximum Gasteiger partial charge on any atom is 0.408 e. The highest BCUT2D eigenvalue weighted by molar-refractivity contribution is 5.91. The number of phenolic OH excluding ortho intramolecular Hbond substituents is 2. The Morgan fingerprint density at radius 2 is 1.71 bits per heavy atom. The lowest BCUT2D eigenvalue weighted by molar-refractivity contribution is -0.156. The van der Waals surface area contributed by atoms with Gasteiger partial charge in [-0.05, 0) is 59.2 Å². The molecule has 0 saturated carbocycles. The first-order valence-corrected chi connectivity index (χ1v) is 11.5. The molecule has 9 nitrogen and oxygen atoms in total. The molecule has 0 aliphatic heterocycles. The van der Waals surface area contributed by atoms with Crippen LogP contribution >= 0.6 is 0 Å². The van der Waals surface area contributed by atoms with Crippen LogP contribution < -0.4 is 5.32 Å². The number of ether oxygens (including phenoxy) is 3. The van der Waals surface area contributed by atoms with Crippen LogP contribution in [0, 0.1) is 0 Å². The van der Waals surface area contributed by atoms with Crippen LogP contribution in [0.3, 0.4) is 0 Å². The van der Waals surface area contributed by atoms with Crippen molar-refractivity contribution in [1.29, 1.82) is 0 Å². The number of esters is 2. The van der Waals surface area contributed by atoms with E-state index >= 15 is 0 Å². The van der Waals surface area contributed by atoms with Gasteiger partial charge >= 0.3 is 18.0 Å². The Balaban J connectivity index is 0.00000562. The highest BCUT2D eigenvalue weighted by Gasteiger charge is 2.27. The van der Waals surface area contributed by atoms with Crippen molar-refractivity contribution in [1.82, 2.24) is 5.32 Å². The molecule has 0 bridgehead atoms. The molecule has 196 valence electrons. The van der Waals surface area contributed by atoms with Crippen molar-refractivity contribution in [2.24, 2.45) is 0 Å². The summed E-state index contributed by atoms with van der Waals surface area (Å²) in [5.74, 6) is -2.01. The van der Waals surface area contributed by atoms with Crippen LogP contribution in [0.2, 0.25) is 0 Å². The molecule has 1 rings (SSSR count). The molecule has 0 aliphatic carbocycles. The van der Waals surface area contributed by atoms with Crippen molar-refractivity contribution in [3.63, 3.8) is 0 Å². The molecule has 35 heavy (non-hydrogen) atoms.